The monoisotopic (exact) mass is 388 g/mol. The number of amides is 1. The Balaban J connectivity index is 1.61. The van der Waals surface area contributed by atoms with Gasteiger partial charge in [-0.1, -0.05) is 48.5 Å². The Bertz CT molecular complexity index is 925. The maximum absolute atomic E-state index is 12.4. The molecule has 148 valence electrons. The summed E-state index contributed by atoms with van der Waals surface area (Å²) in [6.45, 7) is 1.32. The van der Waals surface area contributed by atoms with Crippen LogP contribution in [-0.4, -0.2) is 25.5 Å². The second-order valence-electron chi connectivity index (χ2n) is 6.61. The summed E-state index contributed by atoms with van der Waals surface area (Å²) in [6.07, 6.45) is 0.348. The van der Waals surface area contributed by atoms with E-state index in [1.807, 2.05) is 48.5 Å². The first kappa shape index (κ1) is 20.1. The number of para-hydroxylation sites is 1. The summed E-state index contributed by atoms with van der Waals surface area (Å²) in [6, 6.07) is 26.9. The van der Waals surface area contributed by atoms with E-state index in [2.05, 4.69) is 27.1 Å². The number of hydrogen-bond acceptors (Lipinski definition) is 4. The lowest BCUT2D eigenvalue weighted by molar-refractivity contribution is -0.116. The Hall–Kier alpha value is -3.60. The Morgan fingerprint density at radius 3 is 2.10 bits per heavy atom. The lowest BCUT2D eigenvalue weighted by Gasteiger charge is -2.25. The summed E-state index contributed by atoms with van der Waals surface area (Å²) in [5.41, 5.74) is 3.36. The molecular weight excluding hydrogens is 364 g/mol. The van der Waals surface area contributed by atoms with Crippen LogP contribution in [0.25, 0.3) is 0 Å². The SMILES string of the molecule is COC(=O)c1ccc(NC(=O)CCN(Cc2ccccc2)c2ccccc2)cc1. The van der Waals surface area contributed by atoms with Gasteiger partial charge < -0.3 is 15.0 Å². The van der Waals surface area contributed by atoms with Gasteiger partial charge in [0.15, 0.2) is 0 Å². The molecule has 3 aromatic carbocycles. The van der Waals surface area contributed by atoms with E-state index in [9.17, 15) is 9.59 Å². The number of anilines is 2. The Kier molecular flexibility index (Phi) is 7.00. The molecule has 0 aliphatic rings. The molecule has 3 aromatic rings. The summed E-state index contributed by atoms with van der Waals surface area (Å²) >= 11 is 0. The molecule has 0 saturated heterocycles. The van der Waals surface area contributed by atoms with Crippen LogP contribution in [0.5, 0.6) is 0 Å². The van der Waals surface area contributed by atoms with Gasteiger partial charge in [0.2, 0.25) is 5.91 Å². The molecule has 0 heterocycles. The van der Waals surface area contributed by atoms with Gasteiger partial charge in [0, 0.05) is 30.9 Å². The Labute approximate surface area is 170 Å². The minimum absolute atomic E-state index is 0.0789. The summed E-state index contributed by atoms with van der Waals surface area (Å²) < 4.78 is 4.68. The fraction of sp³-hybridized carbons (Fsp3) is 0.167. The highest BCUT2D eigenvalue weighted by molar-refractivity contribution is 5.93. The van der Waals surface area contributed by atoms with Crippen molar-refractivity contribution in [3.05, 3.63) is 96.1 Å². The third-order valence-electron chi connectivity index (χ3n) is 4.54. The first-order valence-electron chi connectivity index (χ1n) is 9.48. The first-order chi connectivity index (χ1) is 14.2. The zero-order chi connectivity index (χ0) is 20.5. The van der Waals surface area contributed by atoms with Crippen molar-refractivity contribution in [3.8, 4) is 0 Å². The van der Waals surface area contributed by atoms with Gasteiger partial charge in [-0.25, -0.2) is 4.79 Å². The first-order valence-corrected chi connectivity index (χ1v) is 9.48. The van der Waals surface area contributed by atoms with E-state index in [1.54, 1.807) is 24.3 Å². The number of carbonyl (C=O) groups is 2. The van der Waals surface area contributed by atoms with Crippen LogP contribution in [0.2, 0.25) is 0 Å². The van der Waals surface area contributed by atoms with Gasteiger partial charge in [-0.05, 0) is 42.0 Å². The van der Waals surface area contributed by atoms with Crippen molar-refractivity contribution in [2.24, 2.45) is 0 Å². The second kappa shape index (κ2) is 10.1. The van der Waals surface area contributed by atoms with Crippen LogP contribution in [0.3, 0.4) is 0 Å². The van der Waals surface area contributed by atoms with Gasteiger partial charge >= 0.3 is 5.97 Å². The van der Waals surface area contributed by atoms with E-state index < -0.39 is 5.97 Å². The number of benzene rings is 3. The normalized spacial score (nSPS) is 10.2. The standard InChI is InChI=1S/C24H24N2O3/c1-29-24(28)20-12-14-21(15-13-20)25-23(27)16-17-26(22-10-6-3-7-11-22)18-19-8-4-2-5-9-19/h2-15H,16-18H2,1H3,(H,25,27). The summed E-state index contributed by atoms with van der Waals surface area (Å²) in [5.74, 6) is -0.480. The van der Waals surface area contributed by atoms with E-state index in [-0.39, 0.29) is 5.91 Å². The van der Waals surface area contributed by atoms with Crippen molar-refractivity contribution < 1.29 is 14.3 Å². The van der Waals surface area contributed by atoms with E-state index in [0.717, 1.165) is 12.2 Å². The fourth-order valence-electron chi connectivity index (χ4n) is 3.01. The average molecular weight is 388 g/mol. The Morgan fingerprint density at radius 2 is 1.48 bits per heavy atom. The van der Waals surface area contributed by atoms with Crippen LogP contribution >= 0.6 is 0 Å². The maximum Gasteiger partial charge on any atom is 0.337 e. The number of methoxy groups -OCH3 is 1. The number of nitrogens with one attached hydrogen (secondary N) is 1. The molecule has 3 rings (SSSR count). The van der Waals surface area contributed by atoms with Crippen molar-refractivity contribution in [1.29, 1.82) is 0 Å². The molecule has 0 aliphatic carbocycles. The van der Waals surface area contributed by atoms with Crippen molar-refractivity contribution in [2.45, 2.75) is 13.0 Å². The van der Waals surface area contributed by atoms with Crippen molar-refractivity contribution in [2.75, 3.05) is 23.9 Å². The molecule has 0 unspecified atom stereocenters. The predicted octanol–water partition coefficient (Wildman–Crippen LogP) is 4.51. The molecule has 0 bridgehead atoms. The quantitative estimate of drug-likeness (QED) is 0.577. The third kappa shape index (κ3) is 5.94. The van der Waals surface area contributed by atoms with Crippen molar-refractivity contribution in [3.63, 3.8) is 0 Å². The van der Waals surface area contributed by atoms with E-state index in [0.29, 0.717) is 24.2 Å². The number of hydrogen-bond donors (Lipinski definition) is 1. The largest absolute Gasteiger partial charge is 0.465 e. The molecule has 1 N–H and O–H groups in total. The molecule has 0 aliphatic heterocycles. The zero-order valence-electron chi connectivity index (χ0n) is 16.4. The zero-order valence-corrected chi connectivity index (χ0v) is 16.4. The molecule has 5 nitrogen and oxygen atoms in total. The summed E-state index contributed by atoms with van der Waals surface area (Å²) in [7, 11) is 1.34. The highest BCUT2D eigenvalue weighted by atomic mass is 16.5. The highest BCUT2D eigenvalue weighted by Gasteiger charge is 2.11. The van der Waals surface area contributed by atoms with Crippen molar-refractivity contribution >= 4 is 23.3 Å². The van der Waals surface area contributed by atoms with Gasteiger partial charge in [-0.15, -0.1) is 0 Å². The van der Waals surface area contributed by atoms with Crippen LogP contribution in [0.4, 0.5) is 11.4 Å². The number of nitrogens with zero attached hydrogens (tertiary/aromatic N) is 1. The minimum Gasteiger partial charge on any atom is -0.465 e. The molecular formula is C24H24N2O3. The Morgan fingerprint density at radius 1 is 0.862 bits per heavy atom. The van der Waals surface area contributed by atoms with E-state index >= 15 is 0 Å². The molecule has 0 atom stereocenters. The summed E-state index contributed by atoms with van der Waals surface area (Å²) in [5, 5.41) is 2.88. The highest BCUT2D eigenvalue weighted by Crippen LogP contribution is 2.18. The number of rotatable bonds is 8. The van der Waals surface area contributed by atoms with Crippen LogP contribution in [0.1, 0.15) is 22.3 Å². The number of esters is 1. The van der Waals surface area contributed by atoms with Gasteiger partial charge in [-0.3, -0.25) is 4.79 Å². The van der Waals surface area contributed by atoms with E-state index in [1.165, 1.54) is 12.7 Å². The van der Waals surface area contributed by atoms with Gasteiger partial charge in [0.1, 0.15) is 0 Å². The molecule has 0 spiro atoms. The van der Waals surface area contributed by atoms with Gasteiger partial charge in [-0.2, -0.15) is 0 Å². The fourth-order valence-corrected chi connectivity index (χ4v) is 3.01. The van der Waals surface area contributed by atoms with Crippen LogP contribution in [0, 0.1) is 0 Å². The van der Waals surface area contributed by atoms with E-state index in [4.69, 9.17) is 0 Å². The molecule has 0 radical (unpaired) electrons. The molecule has 0 saturated carbocycles. The van der Waals surface area contributed by atoms with Crippen LogP contribution in [-0.2, 0) is 16.1 Å². The molecule has 1 amide bonds. The molecule has 0 aromatic heterocycles. The minimum atomic E-state index is -0.401. The lowest BCUT2D eigenvalue weighted by atomic mass is 10.2. The van der Waals surface area contributed by atoms with Crippen LogP contribution in [0.15, 0.2) is 84.9 Å². The van der Waals surface area contributed by atoms with Gasteiger partial charge in [0.25, 0.3) is 0 Å². The number of carbonyl (C=O) groups excluding carboxylic acids is 2. The van der Waals surface area contributed by atoms with Crippen LogP contribution < -0.4 is 10.2 Å². The number of ether oxygens (including phenoxy) is 1. The maximum atomic E-state index is 12.4. The lowest BCUT2D eigenvalue weighted by Crippen LogP contribution is -2.27. The molecule has 0 fully saturated rings. The molecule has 5 heteroatoms. The third-order valence-corrected chi connectivity index (χ3v) is 4.54. The average Bonchev–Trinajstić information content (AvgIpc) is 2.78. The summed E-state index contributed by atoms with van der Waals surface area (Å²) in [4.78, 5) is 26.1. The topological polar surface area (TPSA) is 58.6 Å². The predicted molar refractivity (Wildman–Crippen MR) is 115 cm³/mol. The molecule has 29 heavy (non-hydrogen) atoms. The van der Waals surface area contributed by atoms with Gasteiger partial charge in [0.05, 0.1) is 12.7 Å². The second-order valence-corrected chi connectivity index (χ2v) is 6.61. The van der Waals surface area contributed by atoms with Crippen molar-refractivity contribution in [1.82, 2.24) is 0 Å². The smallest absolute Gasteiger partial charge is 0.337 e.